The van der Waals surface area contributed by atoms with E-state index >= 15 is 0 Å². The minimum absolute atomic E-state index is 0.0471. The first kappa shape index (κ1) is 9.25. The molecule has 2 rings (SSSR count). The van der Waals surface area contributed by atoms with Crippen LogP contribution in [0.2, 0.25) is 0 Å². The zero-order valence-corrected chi connectivity index (χ0v) is 7.35. The van der Waals surface area contributed by atoms with Crippen molar-refractivity contribution >= 4 is 35.7 Å². The van der Waals surface area contributed by atoms with E-state index in [2.05, 4.69) is 32.5 Å². The van der Waals surface area contributed by atoms with Crippen LogP contribution in [-0.4, -0.2) is 35.2 Å². The van der Waals surface area contributed by atoms with Crippen LogP contribution in [0.15, 0.2) is 15.0 Å². The summed E-state index contributed by atoms with van der Waals surface area (Å²) in [6.45, 7) is 0. The molecule has 1 N–H and O–H groups in total. The molecule has 0 amide bonds. The first-order chi connectivity index (χ1) is 6.46. The fraction of sp³-hybridized carbons (Fsp3) is 0.333. The standard InChI is InChI=1S/C6H3F3N4S/c7-6(8,9)5-1-10-4(14)13-3(5)11-2-12-5/h1-2H,(H,11,12,13,14). The van der Waals surface area contributed by atoms with Gasteiger partial charge in [-0.05, 0) is 12.2 Å². The Morgan fingerprint density at radius 1 is 1.43 bits per heavy atom. The number of thiocarbonyl (C=S) groups is 1. The second-order valence-corrected chi connectivity index (χ2v) is 3.06. The van der Waals surface area contributed by atoms with E-state index in [0.717, 1.165) is 6.34 Å². The summed E-state index contributed by atoms with van der Waals surface area (Å²) in [5.74, 6) is -0.343. The van der Waals surface area contributed by atoms with Gasteiger partial charge < -0.3 is 5.32 Å². The number of hydrogen-bond donors (Lipinski definition) is 1. The molecule has 0 fully saturated rings. The number of rotatable bonds is 0. The molecule has 0 radical (unpaired) electrons. The molecule has 8 heteroatoms. The normalized spacial score (nSPS) is 29.9. The van der Waals surface area contributed by atoms with Crippen molar-refractivity contribution in [2.75, 3.05) is 0 Å². The lowest BCUT2D eigenvalue weighted by Crippen LogP contribution is -2.58. The van der Waals surface area contributed by atoms with Gasteiger partial charge in [-0.25, -0.2) is 15.0 Å². The summed E-state index contributed by atoms with van der Waals surface area (Å²) in [7, 11) is 0. The minimum Gasteiger partial charge on any atom is -0.316 e. The van der Waals surface area contributed by atoms with E-state index in [0.29, 0.717) is 6.21 Å². The van der Waals surface area contributed by atoms with Crippen molar-refractivity contribution in [2.24, 2.45) is 15.0 Å². The predicted molar refractivity (Wildman–Crippen MR) is 48.9 cm³/mol. The van der Waals surface area contributed by atoms with E-state index in [4.69, 9.17) is 0 Å². The lowest BCUT2D eigenvalue weighted by atomic mass is 9.99. The Labute approximate surface area is 81.6 Å². The van der Waals surface area contributed by atoms with Crippen LogP contribution in [0.4, 0.5) is 13.2 Å². The molecular weight excluding hydrogens is 217 g/mol. The molecule has 4 nitrogen and oxygen atoms in total. The SMILES string of the molecule is FC(F)(F)C12C=NC(=S)NC1=NC=N2. The van der Waals surface area contributed by atoms with Crippen LogP contribution in [-0.2, 0) is 0 Å². The van der Waals surface area contributed by atoms with Gasteiger partial charge in [-0.3, -0.25) is 0 Å². The van der Waals surface area contributed by atoms with Crippen molar-refractivity contribution in [3.05, 3.63) is 0 Å². The van der Waals surface area contributed by atoms with Crippen LogP contribution < -0.4 is 5.32 Å². The van der Waals surface area contributed by atoms with Crippen LogP contribution in [0, 0.1) is 0 Å². The molecular formula is C6H3F3N4S. The quantitative estimate of drug-likeness (QED) is 0.610. The Bertz CT molecular complexity index is 383. The van der Waals surface area contributed by atoms with Crippen molar-refractivity contribution in [2.45, 2.75) is 11.7 Å². The summed E-state index contributed by atoms with van der Waals surface area (Å²) in [4.78, 5) is 10.1. The number of fused-ring (bicyclic) bond motifs is 1. The van der Waals surface area contributed by atoms with Gasteiger partial charge in [0.2, 0.25) is 5.54 Å². The number of aliphatic imine (C=N–C) groups is 3. The highest BCUT2D eigenvalue weighted by atomic mass is 32.1. The maximum Gasteiger partial charge on any atom is 0.426 e. The first-order valence-corrected chi connectivity index (χ1v) is 3.91. The van der Waals surface area contributed by atoms with Gasteiger partial charge in [-0.1, -0.05) is 0 Å². The number of nitrogens with zero attached hydrogens (tertiary/aromatic N) is 3. The number of amidine groups is 1. The van der Waals surface area contributed by atoms with Crippen LogP contribution in [0.25, 0.3) is 0 Å². The Morgan fingerprint density at radius 3 is 2.79 bits per heavy atom. The third-order valence-electron chi connectivity index (χ3n) is 1.84. The summed E-state index contributed by atoms with van der Waals surface area (Å²) in [6, 6.07) is 0. The molecule has 2 heterocycles. The van der Waals surface area contributed by atoms with Crippen LogP contribution in [0.5, 0.6) is 0 Å². The molecule has 0 bridgehead atoms. The molecule has 0 spiro atoms. The minimum atomic E-state index is -4.56. The molecule has 74 valence electrons. The number of nitrogens with one attached hydrogen (secondary N) is 1. The fourth-order valence-corrected chi connectivity index (χ4v) is 1.27. The van der Waals surface area contributed by atoms with E-state index in [9.17, 15) is 13.2 Å². The van der Waals surface area contributed by atoms with E-state index in [1.807, 2.05) is 0 Å². The topological polar surface area (TPSA) is 49.1 Å². The van der Waals surface area contributed by atoms with E-state index < -0.39 is 11.7 Å². The highest BCUT2D eigenvalue weighted by Gasteiger charge is 2.60. The van der Waals surface area contributed by atoms with Crippen molar-refractivity contribution < 1.29 is 13.2 Å². The lowest BCUT2D eigenvalue weighted by molar-refractivity contribution is -0.145. The summed E-state index contributed by atoms with van der Waals surface area (Å²) in [6.07, 6.45) is -3.06. The van der Waals surface area contributed by atoms with Crippen molar-refractivity contribution in [1.29, 1.82) is 0 Å². The van der Waals surface area contributed by atoms with E-state index in [1.165, 1.54) is 0 Å². The zero-order valence-electron chi connectivity index (χ0n) is 6.54. The molecule has 0 aromatic carbocycles. The first-order valence-electron chi connectivity index (χ1n) is 3.51. The summed E-state index contributed by atoms with van der Waals surface area (Å²) in [5, 5.41) is 2.22. The third-order valence-corrected chi connectivity index (χ3v) is 2.04. The second-order valence-electron chi connectivity index (χ2n) is 2.67. The van der Waals surface area contributed by atoms with Gasteiger partial charge in [0.1, 0.15) is 6.34 Å². The summed E-state index contributed by atoms with van der Waals surface area (Å²) in [5.41, 5.74) is -2.46. The smallest absolute Gasteiger partial charge is 0.316 e. The zero-order chi connectivity index (χ0) is 10.4. The number of alkyl halides is 3. The molecule has 14 heavy (non-hydrogen) atoms. The molecule has 0 aromatic rings. The molecule has 0 saturated carbocycles. The average molecular weight is 220 g/mol. The molecule has 1 atom stereocenters. The highest BCUT2D eigenvalue weighted by Crippen LogP contribution is 2.36. The van der Waals surface area contributed by atoms with Crippen molar-refractivity contribution in [3.63, 3.8) is 0 Å². The Hall–Kier alpha value is -1.31. The monoisotopic (exact) mass is 220 g/mol. The molecule has 0 saturated heterocycles. The van der Waals surface area contributed by atoms with E-state index in [-0.39, 0.29) is 10.9 Å². The second kappa shape index (κ2) is 2.59. The van der Waals surface area contributed by atoms with Gasteiger partial charge in [0.05, 0.1) is 6.21 Å². The lowest BCUT2D eigenvalue weighted by Gasteiger charge is -2.29. The Kier molecular flexibility index (Phi) is 1.71. The molecule has 2 aliphatic rings. The fourth-order valence-electron chi connectivity index (χ4n) is 1.13. The molecule has 0 aromatic heterocycles. The third kappa shape index (κ3) is 1.07. The highest BCUT2D eigenvalue weighted by molar-refractivity contribution is 7.80. The molecule has 2 aliphatic heterocycles. The van der Waals surface area contributed by atoms with Crippen LogP contribution >= 0.6 is 12.2 Å². The Balaban J connectivity index is 2.53. The van der Waals surface area contributed by atoms with Gasteiger partial charge in [0.15, 0.2) is 10.9 Å². The van der Waals surface area contributed by atoms with Crippen molar-refractivity contribution in [3.8, 4) is 0 Å². The summed E-state index contributed by atoms with van der Waals surface area (Å²) >= 11 is 4.59. The number of halogens is 3. The van der Waals surface area contributed by atoms with Gasteiger partial charge in [-0.15, -0.1) is 0 Å². The predicted octanol–water partition coefficient (Wildman–Crippen LogP) is 0.687. The maximum absolute atomic E-state index is 12.6. The van der Waals surface area contributed by atoms with E-state index in [1.54, 1.807) is 0 Å². The molecule has 0 aliphatic carbocycles. The van der Waals surface area contributed by atoms with Gasteiger partial charge >= 0.3 is 6.18 Å². The number of hydrogen-bond acceptors (Lipinski definition) is 3. The van der Waals surface area contributed by atoms with Gasteiger partial charge in [0.25, 0.3) is 0 Å². The molecule has 1 unspecified atom stereocenters. The average Bonchev–Trinajstić information content (AvgIpc) is 2.46. The van der Waals surface area contributed by atoms with Gasteiger partial charge in [-0.2, -0.15) is 13.2 Å². The maximum atomic E-state index is 12.6. The van der Waals surface area contributed by atoms with Crippen LogP contribution in [0.3, 0.4) is 0 Å². The van der Waals surface area contributed by atoms with Crippen molar-refractivity contribution in [1.82, 2.24) is 5.32 Å². The largest absolute Gasteiger partial charge is 0.426 e. The summed E-state index contributed by atoms with van der Waals surface area (Å²) < 4.78 is 37.9. The Morgan fingerprint density at radius 2 is 2.14 bits per heavy atom. The van der Waals surface area contributed by atoms with Crippen LogP contribution in [0.1, 0.15) is 0 Å². The van der Waals surface area contributed by atoms with Gasteiger partial charge in [0, 0.05) is 0 Å².